The van der Waals surface area contributed by atoms with Gasteiger partial charge in [-0.3, -0.25) is 0 Å². The minimum Gasteiger partial charge on any atom is -0.378 e. The predicted octanol–water partition coefficient (Wildman–Crippen LogP) is 3.56. The number of rotatable bonds is 7. The zero-order valence-electron chi connectivity index (χ0n) is 15.4. The highest BCUT2D eigenvalue weighted by Crippen LogP contribution is 2.32. The van der Waals surface area contributed by atoms with Crippen molar-refractivity contribution < 1.29 is 21.0 Å². The van der Waals surface area contributed by atoms with Crippen molar-refractivity contribution in [3.63, 3.8) is 0 Å². The van der Waals surface area contributed by atoms with E-state index in [2.05, 4.69) is 4.72 Å². The summed E-state index contributed by atoms with van der Waals surface area (Å²) in [6, 6.07) is 21.1. The summed E-state index contributed by atoms with van der Waals surface area (Å²) in [5, 5.41) is 0. The van der Waals surface area contributed by atoms with Gasteiger partial charge in [-0.1, -0.05) is 48.5 Å². The molecule has 0 radical (unpaired) electrons. The molecule has 3 aromatic carbocycles. The van der Waals surface area contributed by atoms with E-state index >= 15 is 0 Å². The lowest BCUT2D eigenvalue weighted by atomic mass is 10.1. The molecule has 0 aliphatic heterocycles. The van der Waals surface area contributed by atoms with Crippen molar-refractivity contribution in [1.29, 1.82) is 0 Å². The second kappa shape index (κ2) is 7.62. The SMILES string of the molecule is O=S(=O)(NC1CC1)c1ccc(S(=O)(=O)Oc2ccccc2-c2ccccc2)cc1. The molecule has 0 bridgehead atoms. The topological polar surface area (TPSA) is 89.5 Å². The number of nitrogens with one attached hydrogen (secondary N) is 1. The van der Waals surface area contributed by atoms with Crippen molar-refractivity contribution in [2.24, 2.45) is 0 Å². The van der Waals surface area contributed by atoms with Crippen molar-refractivity contribution in [3.05, 3.63) is 78.9 Å². The van der Waals surface area contributed by atoms with Crippen LogP contribution in [0.25, 0.3) is 11.1 Å². The summed E-state index contributed by atoms with van der Waals surface area (Å²) in [6.45, 7) is 0. The highest BCUT2D eigenvalue weighted by molar-refractivity contribution is 7.89. The zero-order chi connectivity index (χ0) is 20.5. The third-order valence-corrected chi connectivity index (χ3v) is 7.28. The zero-order valence-corrected chi connectivity index (χ0v) is 17.0. The van der Waals surface area contributed by atoms with Crippen LogP contribution < -0.4 is 8.91 Å². The molecule has 8 heteroatoms. The van der Waals surface area contributed by atoms with Crippen molar-refractivity contribution >= 4 is 20.1 Å². The maximum Gasteiger partial charge on any atom is 0.339 e. The van der Waals surface area contributed by atoms with Gasteiger partial charge in [0.25, 0.3) is 0 Å². The van der Waals surface area contributed by atoms with Crippen molar-refractivity contribution in [2.45, 2.75) is 28.7 Å². The molecule has 3 aromatic rings. The molecule has 0 saturated heterocycles. The molecule has 0 aromatic heterocycles. The van der Waals surface area contributed by atoms with Gasteiger partial charge in [0, 0.05) is 11.6 Å². The molecule has 0 heterocycles. The highest BCUT2D eigenvalue weighted by atomic mass is 32.2. The van der Waals surface area contributed by atoms with E-state index in [-0.39, 0.29) is 21.6 Å². The van der Waals surface area contributed by atoms with Crippen LogP contribution in [0, 0.1) is 0 Å². The summed E-state index contributed by atoms with van der Waals surface area (Å²) >= 11 is 0. The smallest absolute Gasteiger partial charge is 0.339 e. The largest absolute Gasteiger partial charge is 0.378 e. The third kappa shape index (κ3) is 4.50. The van der Waals surface area contributed by atoms with E-state index in [1.54, 1.807) is 24.3 Å². The Kier molecular flexibility index (Phi) is 5.16. The second-order valence-electron chi connectivity index (χ2n) is 6.77. The van der Waals surface area contributed by atoms with Crippen molar-refractivity contribution in [2.75, 3.05) is 0 Å². The van der Waals surface area contributed by atoms with E-state index in [1.165, 1.54) is 24.3 Å². The number of sulfonamides is 1. The average Bonchev–Trinajstić information content (AvgIpc) is 3.52. The van der Waals surface area contributed by atoms with Gasteiger partial charge in [-0.25, -0.2) is 13.1 Å². The summed E-state index contributed by atoms with van der Waals surface area (Å²) in [5.74, 6) is 0.200. The summed E-state index contributed by atoms with van der Waals surface area (Å²) in [5.41, 5.74) is 1.47. The molecule has 0 amide bonds. The van der Waals surface area contributed by atoms with E-state index in [4.69, 9.17) is 4.18 Å². The molecule has 6 nitrogen and oxygen atoms in total. The monoisotopic (exact) mass is 429 g/mol. The summed E-state index contributed by atoms with van der Waals surface area (Å²) in [7, 11) is -7.78. The Labute approximate surface area is 170 Å². The van der Waals surface area contributed by atoms with E-state index < -0.39 is 20.1 Å². The molecular formula is C21H19NO5S2. The third-order valence-electron chi connectivity index (χ3n) is 4.49. The molecular weight excluding hydrogens is 410 g/mol. The standard InChI is InChI=1S/C21H19NO5S2/c23-28(24,22-17-10-11-17)18-12-14-19(15-13-18)29(25,26)27-21-9-5-4-8-20(21)16-6-2-1-3-7-16/h1-9,12-15,17,22H,10-11H2. The fourth-order valence-corrected chi connectivity index (χ4v) is 5.09. The minimum atomic E-state index is -4.13. The van der Waals surface area contributed by atoms with Crippen LogP contribution in [0.4, 0.5) is 0 Å². The Hall–Kier alpha value is -2.68. The predicted molar refractivity (Wildman–Crippen MR) is 109 cm³/mol. The second-order valence-corrected chi connectivity index (χ2v) is 10.0. The van der Waals surface area contributed by atoms with Crippen LogP contribution in [0.5, 0.6) is 5.75 Å². The van der Waals surface area contributed by atoms with Crippen LogP contribution in [0.2, 0.25) is 0 Å². The Morgan fingerprint density at radius 1 is 0.724 bits per heavy atom. The summed E-state index contributed by atoms with van der Waals surface area (Å²) < 4.78 is 57.9. The van der Waals surface area contributed by atoms with Crippen LogP contribution in [0.3, 0.4) is 0 Å². The number of benzene rings is 3. The van der Waals surface area contributed by atoms with Crippen LogP contribution in [-0.4, -0.2) is 22.9 Å². The van der Waals surface area contributed by atoms with Crippen LogP contribution in [-0.2, 0) is 20.1 Å². The minimum absolute atomic E-state index is 0.0213. The number of hydrogen-bond donors (Lipinski definition) is 1. The maximum absolute atomic E-state index is 12.7. The van der Waals surface area contributed by atoms with E-state index in [0.717, 1.165) is 18.4 Å². The van der Waals surface area contributed by atoms with Crippen LogP contribution in [0.15, 0.2) is 88.7 Å². The Morgan fingerprint density at radius 3 is 1.97 bits per heavy atom. The lowest BCUT2D eigenvalue weighted by Crippen LogP contribution is -2.25. The van der Waals surface area contributed by atoms with Crippen molar-refractivity contribution in [3.8, 4) is 16.9 Å². The van der Waals surface area contributed by atoms with E-state index in [1.807, 2.05) is 30.3 Å². The van der Waals surface area contributed by atoms with Gasteiger partial charge in [-0.05, 0) is 48.7 Å². The molecule has 0 unspecified atom stereocenters. The molecule has 1 N–H and O–H groups in total. The van der Waals surface area contributed by atoms with Crippen molar-refractivity contribution in [1.82, 2.24) is 4.72 Å². The lowest BCUT2D eigenvalue weighted by molar-refractivity contribution is 0.486. The fraction of sp³-hybridized carbons (Fsp3) is 0.143. The molecule has 0 spiro atoms. The first-order chi connectivity index (χ1) is 13.9. The first-order valence-electron chi connectivity index (χ1n) is 9.06. The molecule has 1 saturated carbocycles. The van der Waals surface area contributed by atoms with E-state index in [9.17, 15) is 16.8 Å². The van der Waals surface area contributed by atoms with Gasteiger partial charge >= 0.3 is 10.1 Å². The van der Waals surface area contributed by atoms with Gasteiger partial charge in [0.05, 0.1) is 4.90 Å². The quantitative estimate of drug-likeness (QED) is 0.580. The molecule has 150 valence electrons. The van der Waals surface area contributed by atoms with Crippen LogP contribution >= 0.6 is 0 Å². The average molecular weight is 430 g/mol. The lowest BCUT2D eigenvalue weighted by Gasteiger charge is -2.12. The first kappa shape index (κ1) is 19.6. The first-order valence-corrected chi connectivity index (χ1v) is 12.0. The highest BCUT2D eigenvalue weighted by Gasteiger charge is 2.28. The Bertz CT molecular complexity index is 1220. The molecule has 4 rings (SSSR count). The molecule has 1 aliphatic rings. The number of para-hydroxylation sites is 1. The molecule has 0 atom stereocenters. The molecule has 29 heavy (non-hydrogen) atoms. The molecule has 1 fully saturated rings. The fourth-order valence-electron chi connectivity index (χ4n) is 2.84. The summed E-state index contributed by atoms with van der Waals surface area (Å²) in [4.78, 5) is -0.0984. The van der Waals surface area contributed by atoms with Gasteiger partial charge < -0.3 is 4.18 Å². The summed E-state index contributed by atoms with van der Waals surface area (Å²) in [6.07, 6.45) is 1.64. The van der Waals surface area contributed by atoms with Gasteiger partial charge in [0.1, 0.15) is 4.90 Å². The van der Waals surface area contributed by atoms with Crippen LogP contribution in [0.1, 0.15) is 12.8 Å². The van der Waals surface area contributed by atoms with Gasteiger partial charge in [-0.2, -0.15) is 8.42 Å². The normalized spacial score (nSPS) is 14.5. The Morgan fingerprint density at radius 2 is 1.31 bits per heavy atom. The number of hydrogen-bond acceptors (Lipinski definition) is 5. The van der Waals surface area contributed by atoms with Gasteiger partial charge in [0.15, 0.2) is 5.75 Å². The van der Waals surface area contributed by atoms with Gasteiger partial charge in [-0.15, -0.1) is 0 Å². The van der Waals surface area contributed by atoms with E-state index in [0.29, 0.717) is 5.56 Å². The van der Waals surface area contributed by atoms with Gasteiger partial charge in [0.2, 0.25) is 10.0 Å². The maximum atomic E-state index is 12.7. The molecule has 1 aliphatic carbocycles. The Balaban J connectivity index is 1.60.